The van der Waals surface area contributed by atoms with Gasteiger partial charge in [0.2, 0.25) is 0 Å². The molecule has 27 heavy (non-hydrogen) atoms. The molecular formula is C21H21ClFNO3. The number of para-hydroxylation sites is 1. The van der Waals surface area contributed by atoms with Crippen molar-refractivity contribution in [2.45, 2.75) is 19.2 Å². The molecule has 0 radical (unpaired) electrons. The van der Waals surface area contributed by atoms with Crippen molar-refractivity contribution in [1.29, 1.82) is 0 Å². The molecule has 0 amide bonds. The van der Waals surface area contributed by atoms with Crippen molar-refractivity contribution >= 4 is 11.6 Å². The van der Waals surface area contributed by atoms with Crippen molar-refractivity contribution in [1.82, 2.24) is 4.90 Å². The standard InChI is InChI=1S/C21H21ClFNO3/c22-20-5-1-2-6-21(20)27-15-18(25)13-24(14-19-4-3-11-26-19)12-16-7-9-17(23)10-8-16/h1-11,18,25H,12-15H2. The summed E-state index contributed by atoms with van der Waals surface area (Å²) >= 11 is 6.07. The lowest BCUT2D eigenvalue weighted by atomic mass is 10.2. The molecule has 0 saturated carbocycles. The number of hydrogen-bond acceptors (Lipinski definition) is 4. The summed E-state index contributed by atoms with van der Waals surface area (Å²) < 4.78 is 24.2. The summed E-state index contributed by atoms with van der Waals surface area (Å²) in [7, 11) is 0. The quantitative estimate of drug-likeness (QED) is 0.584. The number of rotatable bonds is 9. The predicted molar refractivity (Wildman–Crippen MR) is 102 cm³/mol. The summed E-state index contributed by atoms with van der Waals surface area (Å²) in [6.45, 7) is 1.54. The topological polar surface area (TPSA) is 45.8 Å². The van der Waals surface area contributed by atoms with E-state index >= 15 is 0 Å². The molecule has 6 heteroatoms. The Bertz CT molecular complexity index is 824. The molecule has 3 rings (SSSR count). The predicted octanol–water partition coefficient (Wildman–Crippen LogP) is 4.51. The highest BCUT2D eigenvalue weighted by Crippen LogP contribution is 2.23. The molecule has 4 nitrogen and oxygen atoms in total. The van der Waals surface area contributed by atoms with Crippen molar-refractivity contribution in [3.8, 4) is 5.75 Å². The van der Waals surface area contributed by atoms with Gasteiger partial charge in [0.25, 0.3) is 0 Å². The highest BCUT2D eigenvalue weighted by Gasteiger charge is 2.15. The maximum atomic E-state index is 13.1. The van der Waals surface area contributed by atoms with Crippen molar-refractivity contribution in [2.24, 2.45) is 0 Å². The number of nitrogens with zero attached hydrogens (tertiary/aromatic N) is 1. The van der Waals surface area contributed by atoms with Crippen LogP contribution in [0.1, 0.15) is 11.3 Å². The van der Waals surface area contributed by atoms with E-state index in [2.05, 4.69) is 0 Å². The molecule has 1 heterocycles. The summed E-state index contributed by atoms with van der Waals surface area (Å²) in [6.07, 6.45) is 0.888. The van der Waals surface area contributed by atoms with Crippen LogP contribution in [0, 0.1) is 5.82 Å². The minimum atomic E-state index is -0.725. The van der Waals surface area contributed by atoms with Gasteiger partial charge >= 0.3 is 0 Å². The zero-order chi connectivity index (χ0) is 19.1. The molecule has 1 atom stereocenters. The molecular weight excluding hydrogens is 369 g/mol. The highest BCUT2D eigenvalue weighted by molar-refractivity contribution is 6.32. The molecule has 1 aromatic heterocycles. The van der Waals surface area contributed by atoms with Crippen LogP contribution < -0.4 is 4.74 Å². The molecule has 3 aromatic rings. The van der Waals surface area contributed by atoms with Gasteiger partial charge in [0.05, 0.1) is 17.8 Å². The van der Waals surface area contributed by atoms with Crippen LogP contribution in [0.3, 0.4) is 0 Å². The molecule has 0 bridgehead atoms. The molecule has 0 aliphatic heterocycles. The Morgan fingerprint density at radius 2 is 1.81 bits per heavy atom. The minimum Gasteiger partial charge on any atom is -0.489 e. The zero-order valence-electron chi connectivity index (χ0n) is 14.7. The summed E-state index contributed by atoms with van der Waals surface area (Å²) in [5.41, 5.74) is 0.946. The second-order valence-electron chi connectivity index (χ2n) is 6.27. The lowest BCUT2D eigenvalue weighted by Gasteiger charge is -2.24. The van der Waals surface area contributed by atoms with E-state index in [4.69, 9.17) is 20.8 Å². The Hall–Kier alpha value is -2.34. The first-order valence-corrected chi connectivity index (χ1v) is 9.02. The fraction of sp³-hybridized carbons (Fsp3) is 0.238. The monoisotopic (exact) mass is 389 g/mol. The van der Waals surface area contributed by atoms with Crippen LogP contribution in [-0.2, 0) is 13.1 Å². The van der Waals surface area contributed by atoms with Crippen LogP contribution in [0.25, 0.3) is 0 Å². The third-order valence-corrected chi connectivity index (χ3v) is 4.33. The van der Waals surface area contributed by atoms with Crippen LogP contribution in [0.2, 0.25) is 5.02 Å². The number of furan rings is 1. The average molecular weight is 390 g/mol. The number of hydrogen-bond donors (Lipinski definition) is 1. The van der Waals surface area contributed by atoms with Crippen LogP contribution in [0.15, 0.2) is 71.3 Å². The van der Waals surface area contributed by atoms with Crippen molar-refractivity contribution in [3.05, 3.63) is 89.1 Å². The average Bonchev–Trinajstić information content (AvgIpc) is 3.16. The van der Waals surface area contributed by atoms with Crippen molar-refractivity contribution < 1.29 is 18.7 Å². The highest BCUT2D eigenvalue weighted by atomic mass is 35.5. The molecule has 0 saturated heterocycles. The molecule has 0 spiro atoms. The van der Waals surface area contributed by atoms with Gasteiger partial charge in [0.15, 0.2) is 0 Å². The molecule has 1 N–H and O–H groups in total. The fourth-order valence-corrected chi connectivity index (χ4v) is 2.94. The SMILES string of the molecule is OC(COc1ccccc1Cl)CN(Cc1ccc(F)cc1)Cc1ccco1. The summed E-state index contributed by atoms with van der Waals surface area (Å²) in [5.74, 6) is 1.05. The number of benzene rings is 2. The first-order valence-electron chi connectivity index (χ1n) is 8.65. The van der Waals surface area contributed by atoms with Crippen LogP contribution >= 0.6 is 11.6 Å². The number of ether oxygens (including phenoxy) is 1. The van der Waals surface area contributed by atoms with E-state index in [0.717, 1.165) is 11.3 Å². The van der Waals surface area contributed by atoms with E-state index in [1.807, 2.05) is 29.2 Å². The third-order valence-electron chi connectivity index (χ3n) is 4.02. The maximum Gasteiger partial charge on any atom is 0.138 e. The number of aliphatic hydroxyl groups is 1. The molecule has 1 unspecified atom stereocenters. The smallest absolute Gasteiger partial charge is 0.138 e. The van der Waals surface area contributed by atoms with Gasteiger partial charge in [-0.3, -0.25) is 4.90 Å². The van der Waals surface area contributed by atoms with E-state index < -0.39 is 6.10 Å². The Kier molecular flexibility index (Phi) is 6.87. The Morgan fingerprint density at radius 3 is 2.52 bits per heavy atom. The fourth-order valence-electron chi connectivity index (χ4n) is 2.75. The first-order chi connectivity index (χ1) is 13.1. The number of aliphatic hydroxyl groups excluding tert-OH is 1. The summed E-state index contributed by atoms with van der Waals surface area (Å²) in [6, 6.07) is 17.2. The van der Waals surface area contributed by atoms with Gasteiger partial charge < -0.3 is 14.3 Å². The van der Waals surface area contributed by atoms with Gasteiger partial charge in [-0.2, -0.15) is 0 Å². The molecule has 142 valence electrons. The second-order valence-corrected chi connectivity index (χ2v) is 6.68. The van der Waals surface area contributed by atoms with E-state index in [-0.39, 0.29) is 12.4 Å². The zero-order valence-corrected chi connectivity index (χ0v) is 15.5. The summed E-state index contributed by atoms with van der Waals surface area (Å²) in [4.78, 5) is 2.02. The minimum absolute atomic E-state index is 0.113. The van der Waals surface area contributed by atoms with Gasteiger partial charge in [0, 0.05) is 13.1 Å². The summed E-state index contributed by atoms with van der Waals surface area (Å²) in [5, 5.41) is 10.9. The van der Waals surface area contributed by atoms with E-state index in [9.17, 15) is 9.50 Å². The van der Waals surface area contributed by atoms with Crippen LogP contribution in [0.5, 0.6) is 5.75 Å². The normalized spacial score (nSPS) is 12.3. The molecule has 0 aliphatic rings. The van der Waals surface area contributed by atoms with Gasteiger partial charge in [-0.25, -0.2) is 4.39 Å². The van der Waals surface area contributed by atoms with E-state index in [1.54, 1.807) is 30.5 Å². The van der Waals surface area contributed by atoms with Gasteiger partial charge in [-0.05, 0) is 42.0 Å². The maximum absolute atomic E-state index is 13.1. The van der Waals surface area contributed by atoms with Gasteiger partial charge in [-0.1, -0.05) is 35.9 Å². The molecule has 0 fully saturated rings. The largest absolute Gasteiger partial charge is 0.489 e. The lowest BCUT2D eigenvalue weighted by Crippen LogP contribution is -2.35. The van der Waals surface area contributed by atoms with E-state index in [0.29, 0.717) is 30.4 Å². The third kappa shape index (κ3) is 6.10. The molecule has 0 aliphatic carbocycles. The van der Waals surface area contributed by atoms with Gasteiger partial charge in [0.1, 0.15) is 30.0 Å². The Labute approximate surface area is 162 Å². The van der Waals surface area contributed by atoms with Crippen molar-refractivity contribution in [3.63, 3.8) is 0 Å². The Balaban J connectivity index is 1.61. The Morgan fingerprint density at radius 1 is 1.04 bits per heavy atom. The second kappa shape index (κ2) is 9.55. The van der Waals surface area contributed by atoms with Crippen LogP contribution in [0.4, 0.5) is 4.39 Å². The van der Waals surface area contributed by atoms with E-state index in [1.165, 1.54) is 12.1 Å². The van der Waals surface area contributed by atoms with Crippen molar-refractivity contribution in [2.75, 3.05) is 13.2 Å². The van der Waals surface area contributed by atoms with Crippen LogP contribution in [-0.4, -0.2) is 29.3 Å². The number of halogens is 2. The van der Waals surface area contributed by atoms with Gasteiger partial charge in [-0.15, -0.1) is 0 Å². The first kappa shape index (κ1) is 19.4. The molecule has 2 aromatic carbocycles. The lowest BCUT2D eigenvalue weighted by molar-refractivity contribution is 0.0605.